The van der Waals surface area contributed by atoms with Gasteiger partial charge < -0.3 is 38.5 Å². The Bertz CT molecular complexity index is 862. The molecule has 0 saturated carbocycles. The number of rotatable bonds is 1. The molecule has 1 aromatic heterocycles. The topological polar surface area (TPSA) is 4.93 Å². The van der Waals surface area contributed by atoms with E-state index in [0.29, 0.717) is 0 Å². The van der Waals surface area contributed by atoms with Gasteiger partial charge in [0.25, 0.3) is 0 Å². The van der Waals surface area contributed by atoms with Gasteiger partial charge in [-0.25, -0.2) is 12.1 Å². The summed E-state index contributed by atoms with van der Waals surface area (Å²) in [4.78, 5) is 0. The van der Waals surface area contributed by atoms with Gasteiger partial charge in [0.05, 0.1) is 0 Å². The van der Waals surface area contributed by atoms with E-state index < -0.39 is 0 Å². The summed E-state index contributed by atoms with van der Waals surface area (Å²) in [5, 5.41) is 2.73. The molecule has 0 aliphatic rings. The van der Waals surface area contributed by atoms with Gasteiger partial charge in [0.1, 0.15) is 0 Å². The van der Waals surface area contributed by atoms with E-state index >= 15 is 0 Å². The summed E-state index contributed by atoms with van der Waals surface area (Å²) in [6.45, 7) is 8.58. The summed E-state index contributed by atoms with van der Waals surface area (Å²) in [5.74, 6) is 0. The Hall–Kier alpha value is -0.697. The van der Waals surface area contributed by atoms with E-state index in [4.69, 9.17) is 0 Å². The minimum absolute atomic E-state index is 0. The Labute approximate surface area is 196 Å². The zero-order chi connectivity index (χ0) is 16.4. The quantitative estimate of drug-likeness (QED) is 0.293. The number of halogens is 2. The van der Waals surface area contributed by atoms with Crippen LogP contribution >= 0.6 is 0 Å². The van der Waals surface area contributed by atoms with Crippen molar-refractivity contribution in [1.29, 1.82) is 0 Å². The zero-order valence-corrected chi connectivity index (χ0v) is 21.2. The molecule has 4 aromatic rings. The fraction of sp³-hybridized carbons (Fsp3) is 0.182. The molecular weight excluding hydrogens is 529 g/mol. The normalized spacial score (nSPS) is 9.38. The fourth-order valence-corrected chi connectivity index (χ4v) is 2.83. The van der Waals surface area contributed by atoms with Crippen molar-refractivity contribution in [2.24, 2.45) is 0 Å². The van der Waals surface area contributed by atoms with Gasteiger partial charge in [-0.05, 0) is 24.7 Å². The summed E-state index contributed by atoms with van der Waals surface area (Å²) in [6.07, 6.45) is 4.16. The molecule has 26 heavy (non-hydrogen) atoms. The average molecular weight is 552 g/mol. The summed E-state index contributed by atoms with van der Waals surface area (Å²) in [5.41, 5.74) is 6.72. The largest absolute Gasteiger partial charge is 4.00 e. The molecule has 0 spiro atoms. The summed E-state index contributed by atoms with van der Waals surface area (Å²) < 4.78 is 2.15. The molecule has 0 aliphatic heterocycles. The molecule has 134 valence electrons. The molecule has 0 N–H and O–H groups in total. The van der Waals surface area contributed by atoms with Gasteiger partial charge in [0, 0.05) is 12.4 Å². The molecule has 3 aromatic carbocycles. The van der Waals surface area contributed by atoms with Gasteiger partial charge in [-0.3, -0.25) is 0 Å². The van der Waals surface area contributed by atoms with Gasteiger partial charge >= 0.3 is 26.2 Å². The number of nitrogens with zero attached hydrogens (tertiary/aromatic N) is 1. The Morgan fingerprint density at radius 2 is 1.50 bits per heavy atom. The van der Waals surface area contributed by atoms with Gasteiger partial charge in [0.2, 0.25) is 0 Å². The van der Waals surface area contributed by atoms with Crippen LogP contribution in [-0.4, -0.2) is 4.57 Å². The van der Waals surface area contributed by atoms with Crippen LogP contribution in [0.25, 0.3) is 16.5 Å². The zero-order valence-electron chi connectivity index (χ0n) is 15.6. The monoisotopic (exact) mass is 549 g/mol. The van der Waals surface area contributed by atoms with E-state index in [0.717, 1.165) is 0 Å². The van der Waals surface area contributed by atoms with Crippen LogP contribution in [0.2, 0.25) is 0 Å². The first-order valence-electron chi connectivity index (χ1n) is 8.05. The minimum Gasteiger partial charge on any atom is -1.00 e. The third kappa shape index (κ3) is 5.65. The minimum atomic E-state index is 0. The molecule has 0 radical (unpaired) electrons. The molecule has 0 atom stereocenters. The van der Waals surface area contributed by atoms with Crippen molar-refractivity contribution in [3.63, 3.8) is 0 Å². The van der Waals surface area contributed by atoms with Crippen molar-refractivity contribution < 1.29 is 60.2 Å². The Balaban J connectivity index is 0.000000542. The van der Waals surface area contributed by atoms with E-state index in [2.05, 4.69) is 99.3 Å². The number of fused-ring (bicyclic) bond motifs is 1. The second kappa shape index (κ2) is 11.2. The third-order valence-corrected chi connectivity index (χ3v) is 4.52. The molecule has 1 nitrogen and oxygen atoms in total. The van der Waals surface area contributed by atoms with E-state index in [-0.39, 0.29) is 60.2 Å². The standard InChI is InChI=1S/C15H14N.C7H9.2BrH.Zr/c1-11-5-6-12(2)15-10-13(9-14(11)15)16-7-3-4-8-16;1-6-4-3-5-7(6)2;;;/h3-10H,1-2H3;3-5H,1-2H3;2*1H;/q2*-1;;;+4/p-2. The van der Waals surface area contributed by atoms with Crippen LogP contribution in [0.5, 0.6) is 0 Å². The predicted molar refractivity (Wildman–Crippen MR) is 99.9 cm³/mol. The summed E-state index contributed by atoms with van der Waals surface area (Å²) in [7, 11) is 0. The second-order valence-electron chi connectivity index (χ2n) is 6.22. The number of benzene rings is 1. The van der Waals surface area contributed by atoms with Crippen LogP contribution in [0, 0.1) is 27.7 Å². The maximum atomic E-state index is 2.26. The molecule has 0 saturated heterocycles. The van der Waals surface area contributed by atoms with Crippen molar-refractivity contribution >= 4 is 10.8 Å². The van der Waals surface area contributed by atoms with Crippen LogP contribution in [-0.2, 0) is 26.2 Å². The molecule has 1 heterocycles. The van der Waals surface area contributed by atoms with E-state index in [1.54, 1.807) is 0 Å². The summed E-state index contributed by atoms with van der Waals surface area (Å²) >= 11 is 0. The van der Waals surface area contributed by atoms with Crippen LogP contribution in [0.1, 0.15) is 22.3 Å². The van der Waals surface area contributed by atoms with E-state index in [1.165, 1.54) is 38.7 Å². The molecule has 0 aliphatic carbocycles. The van der Waals surface area contributed by atoms with Crippen LogP contribution in [0.15, 0.2) is 67.0 Å². The number of aromatic nitrogens is 1. The Morgan fingerprint density at radius 3 is 1.96 bits per heavy atom. The van der Waals surface area contributed by atoms with Crippen molar-refractivity contribution in [2.45, 2.75) is 27.7 Å². The van der Waals surface area contributed by atoms with Crippen molar-refractivity contribution in [3.05, 3.63) is 89.2 Å². The SMILES string of the molecule is Cc1ccc(C)c2[cH-]c(-n3cccc3)cc12.Cc1ccc[c-]1C.[Br-].[Br-].[Zr+4]. The molecule has 0 fully saturated rings. The second-order valence-corrected chi connectivity index (χ2v) is 6.22. The van der Waals surface area contributed by atoms with Gasteiger partial charge in [0.15, 0.2) is 0 Å². The molecule has 4 rings (SSSR count). The fourth-order valence-electron chi connectivity index (χ4n) is 2.83. The Morgan fingerprint density at radius 1 is 0.885 bits per heavy atom. The predicted octanol–water partition coefficient (Wildman–Crippen LogP) is -0.00592. The van der Waals surface area contributed by atoms with Crippen LogP contribution in [0.3, 0.4) is 0 Å². The van der Waals surface area contributed by atoms with Gasteiger partial charge in [-0.1, -0.05) is 32.4 Å². The molecule has 0 bridgehead atoms. The first kappa shape index (κ1) is 25.3. The Kier molecular flexibility index (Phi) is 10.9. The number of hydrogen-bond acceptors (Lipinski definition) is 0. The van der Waals surface area contributed by atoms with E-state index in [1.807, 2.05) is 0 Å². The van der Waals surface area contributed by atoms with E-state index in [9.17, 15) is 0 Å². The average Bonchev–Trinajstić information content (AvgIpc) is 3.25. The van der Waals surface area contributed by atoms with Gasteiger partial charge in [-0.15, -0.1) is 34.5 Å². The molecule has 0 unspecified atom stereocenters. The maximum absolute atomic E-state index is 2.26. The molecule has 4 heteroatoms. The van der Waals surface area contributed by atoms with Crippen molar-refractivity contribution in [3.8, 4) is 5.69 Å². The first-order valence-corrected chi connectivity index (χ1v) is 8.05. The van der Waals surface area contributed by atoms with Crippen LogP contribution in [0.4, 0.5) is 0 Å². The van der Waals surface area contributed by atoms with Crippen molar-refractivity contribution in [1.82, 2.24) is 4.57 Å². The molecule has 0 amide bonds. The first-order chi connectivity index (χ1) is 11.1. The maximum Gasteiger partial charge on any atom is 4.00 e. The molecular formula is C22H23Br2NZr. The summed E-state index contributed by atoms with van der Waals surface area (Å²) in [6, 6.07) is 19.3. The van der Waals surface area contributed by atoms with Crippen LogP contribution < -0.4 is 34.0 Å². The van der Waals surface area contributed by atoms with Crippen molar-refractivity contribution in [2.75, 3.05) is 0 Å². The third-order valence-electron chi connectivity index (χ3n) is 4.52. The van der Waals surface area contributed by atoms with Gasteiger partial charge in [-0.2, -0.15) is 17.2 Å². The number of hydrogen-bond donors (Lipinski definition) is 0. The smallest absolute Gasteiger partial charge is 1.00 e. The number of aryl methyl sites for hydroxylation is 4.